The predicted octanol–water partition coefficient (Wildman–Crippen LogP) is 2.23. The van der Waals surface area contributed by atoms with Gasteiger partial charge in [-0.2, -0.15) is 11.8 Å². The zero-order chi connectivity index (χ0) is 8.91. The lowest BCUT2D eigenvalue weighted by molar-refractivity contribution is 0.684. The molecule has 0 aliphatic heterocycles. The van der Waals surface area contributed by atoms with Crippen molar-refractivity contribution in [2.75, 3.05) is 5.75 Å². The first-order valence-electron chi connectivity index (χ1n) is 3.95. The molecule has 0 spiro atoms. The van der Waals surface area contributed by atoms with Gasteiger partial charge in [0.05, 0.1) is 5.84 Å². The van der Waals surface area contributed by atoms with Gasteiger partial charge in [-0.3, -0.25) is 5.41 Å². The standard InChI is InChI=1S/C8H18N2S/c1-4-8(2,3)11-6-5-7(9)10/h4-6H2,1-3H3,(H3,9,10). The van der Waals surface area contributed by atoms with Crippen LogP contribution in [0.25, 0.3) is 0 Å². The first-order chi connectivity index (χ1) is 4.98. The van der Waals surface area contributed by atoms with Crippen LogP contribution in [0.5, 0.6) is 0 Å². The van der Waals surface area contributed by atoms with Gasteiger partial charge in [0, 0.05) is 16.9 Å². The lowest BCUT2D eigenvalue weighted by Gasteiger charge is -2.21. The highest BCUT2D eigenvalue weighted by Gasteiger charge is 2.14. The molecule has 0 heterocycles. The zero-order valence-corrected chi connectivity index (χ0v) is 8.42. The van der Waals surface area contributed by atoms with E-state index in [-0.39, 0.29) is 0 Å². The zero-order valence-electron chi connectivity index (χ0n) is 7.61. The number of hydrogen-bond acceptors (Lipinski definition) is 2. The van der Waals surface area contributed by atoms with Crippen molar-refractivity contribution in [1.29, 1.82) is 5.41 Å². The van der Waals surface area contributed by atoms with Crippen LogP contribution in [-0.4, -0.2) is 16.3 Å². The molecule has 0 atom stereocenters. The molecule has 2 nitrogen and oxygen atoms in total. The number of hydrogen-bond donors (Lipinski definition) is 2. The number of nitrogens with one attached hydrogen (secondary N) is 1. The fraction of sp³-hybridized carbons (Fsp3) is 0.875. The summed E-state index contributed by atoms with van der Waals surface area (Å²) in [5, 5.41) is 7.02. The Bertz CT molecular complexity index is 132. The van der Waals surface area contributed by atoms with Crippen molar-refractivity contribution in [1.82, 2.24) is 0 Å². The van der Waals surface area contributed by atoms with E-state index >= 15 is 0 Å². The van der Waals surface area contributed by atoms with E-state index in [1.165, 1.54) is 0 Å². The number of thioether (sulfide) groups is 1. The maximum Gasteiger partial charge on any atom is 0.0913 e. The van der Waals surface area contributed by atoms with Crippen molar-refractivity contribution in [3.63, 3.8) is 0 Å². The van der Waals surface area contributed by atoms with Crippen LogP contribution < -0.4 is 5.73 Å². The van der Waals surface area contributed by atoms with Crippen molar-refractivity contribution >= 4 is 17.6 Å². The van der Waals surface area contributed by atoms with E-state index in [9.17, 15) is 0 Å². The SMILES string of the molecule is CCC(C)(C)SCCC(=N)N. The van der Waals surface area contributed by atoms with Crippen molar-refractivity contribution in [3.8, 4) is 0 Å². The van der Waals surface area contributed by atoms with E-state index in [4.69, 9.17) is 11.1 Å². The van der Waals surface area contributed by atoms with Crippen LogP contribution in [0.2, 0.25) is 0 Å². The molecule has 3 N–H and O–H groups in total. The topological polar surface area (TPSA) is 49.9 Å². The Morgan fingerprint density at radius 1 is 1.55 bits per heavy atom. The molecule has 0 aromatic rings. The average Bonchev–Trinajstić information content (AvgIpc) is 1.87. The molecule has 0 aliphatic carbocycles. The van der Waals surface area contributed by atoms with Gasteiger partial charge in [-0.25, -0.2) is 0 Å². The summed E-state index contributed by atoms with van der Waals surface area (Å²) in [7, 11) is 0. The second kappa shape index (κ2) is 4.65. The summed E-state index contributed by atoms with van der Waals surface area (Å²) < 4.78 is 0.343. The third-order valence-electron chi connectivity index (χ3n) is 1.72. The first-order valence-corrected chi connectivity index (χ1v) is 4.93. The molecular formula is C8H18N2S. The van der Waals surface area contributed by atoms with E-state index in [0.717, 1.165) is 12.2 Å². The number of rotatable bonds is 5. The van der Waals surface area contributed by atoms with E-state index in [1.807, 2.05) is 11.8 Å². The van der Waals surface area contributed by atoms with Gasteiger partial charge in [0.2, 0.25) is 0 Å². The Labute approximate surface area is 73.4 Å². The average molecular weight is 174 g/mol. The molecule has 0 bridgehead atoms. The summed E-state index contributed by atoms with van der Waals surface area (Å²) in [6, 6.07) is 0. The Kier molecular flexibility index (Phi) is 4.57. The molecule has 0 amide bonds. The molecule has 11 heavy (non-hydrogen) atoms. The molecule has 0 saturated carbocycles. The van der Waals surface area contributed by atoms with Gasteiger partial charge < -0.3 is 5.73 Å². The maximum absolute atomic E-state index is 7.02. The van der Waals surface area contributed by atoms with Crippen LogP contribution in [0.1, 0.15) is 33.6 Å². The molecule has 0 fully saturated rings. The maximum atomic E-state index is 7.02. The smallest absolute Gasteiger partial charge is 0.0913 e. The number of nitrogens with two attached hydrogens (primary N) is 1. The lowest BCUT2D eigenvalue weighted by atomic mass is 10.1. The summed E-state index contributed by atoms with van der Waals surface area (Å²) >= 11 is 1.89. The normalized spacial score (nSPS) is 11.5. The minimum atomic E-state index is 0.296. The van der Waals surface area contributed by atoms with Crippen LogP contribution in [-0.2, 0) is 0 Å². The highest BCUT2D eigenvalue weighted by molar-refractivity contribution is 8.00. The van der Waals surface area contributed by atoms with Crippen LogP contribution in [0.15, 0.2) is 0 Å². The Balaban J connectivity index is 3.45. The fourth-order valence-corrected chi connectivity index (χ4v) is 1.62. The van der Waals surface area contributed by atoms with Gasteiger partial charge in [-0.05, 0) is 6.42 Å². The molecule has 66 valence electrons. The van der Waals surface area contributed by atoms with Gasteiger partial charge in [-0.15, -0.1) is 0 Å². The third kappa shape index (κ3) is 6.23. The van der Waals surface area contributed by atoms with E-state index in [1.54, 1.807) is 0 Å². The van der Waals surface area contributed by atoms with Crippen molar-refractivity contribution in [2.45, 2.75) is 38.4 Å². The van der Waals surface area contributed by atoms with Gasteiger partial charge in [-0.1, -0.05) is 20.8 Å². The molecule has 0 unspecified atom stereocenters. The van der Waals surface area contributed by atoms with E-state index < -0.39 is 0 Å². The largest absolute Gasteiger partial charge is 0.388 e. The molecule has 3 heteroatoms. The summed E-state index contributed by atoms with van der Waals surface area (Å²) in [5.74, 6) is 1.26. The first kappa shape index (κ1) is 10.8. The summed E-state index contributed by atoms with van der Waals surface area (Å²) in [5.41, 5.74) is 5.23. The van der Waals surface area contributed by atoms with Gasteiger partial charge >= 0.3 is 0 Å². The molecule has 0 aromatic heterocycles. The van der Waals surface area contributed by atoms with Crippen molar-refractivity contribution < 1.29 is 0 Å². The van der Waals surface area contributed by atoms with Crippen molar-refractivity contribution in [2.24, 2.45) is 5.73 Å². The van der Waals surface area contributed by atoms with E-state index in [0.29, 0.717) is 17.0 Å². The quantitative estimate of drug-likeness (QED) is 0.496. The molecular weight excluding hydrogens is 156 g/mol. The second-order valence-corrected chi connectivity index (χ2v) is 5.04. The van der Waals surface area contributed by atoms with Gasteiger partial charge in [0.1, 0.15) is 0 Å². The molecule has 0 aromatic carbocycles. The monoisotopic (exact) mass is 174 g/mol. The van der Waals surface area contributed by atoms with E-state index in [2.05, 4.69) is 20.8 Å². The highest BCUT2D eigenvalue weighted by Crippen LogP contribution is 2.27. The highest BCUT2D eigenvalue weighted by atomic mass is 32.2. The van der Waals surface area contributed by atoms with Crippen molar-refractivity contribution in [3.05, 3.63) is 0 Å². The number of amidine groups is 1. The Morgan fingerprint density at radius 3 is 2.45 bits per heavy atom. The summed E-state index contributed by atoms with van der Waals surface area (Å²) in [6.45, 7) is 6.62. The summed E-state index contributed by atoms with van der Waals surface area (Å²) in [4.78, 5) is 0. The predicted molar refractivity (Wildman–Crippen MR) is 53.4 cm³/mol. The van der Waals surface area contributed by atoms with Crippen LogP contribution >= 0.6 is 11.8 Å². The second-order valence-electron chi connectivity index (χ2n) is 3.24. The lowest BCUT2D eigenvalue weighted by Crippen LogP contribution is -2.16. The van der Waals surface area contributed by atoms with Crippen LogP contribution in [0.4, 0.5) is 0 Å². The molecule has 0 aliphatic rings. The Hall–Kier alpha value is -0.180. The van der Waals surface area contributed by atoms with Crippen LogP contribution in [0, 0.1) is 5.41 Å². The Morgan fingerprint density at radius 2 is 2.09 bits per heavy atom. The molecule has 0 rings (SSSR count). The summed E-state index contributed by atoms with van der Waals surface area (Å²) in [6.07, 6.45) is 1.88. The minimum absolute atomic E-state index is 0.296. The fourth-order valence-electron chi connectivity index (χ4n) is 0.539. The molecule has 0 saturated heterocycles. The van der Waals surface area contributed by atoms with Gasteiger partial charge in [0.15, 0.2) is 0 Å². The molecule has 0 radical (unpaired) electrons. The minimum Gasteiger partial charge on any atom is -0.388 e. The third-order valence-corrected chi connectivity index (χ3v) is 3.19. The van der Waals surface area contributed by atoms with Gasteiger partial charge in [0.25, 0.3) is 0 Å². The van der Waals surface area contributed by atoms with Crippen LogP contribution in [0.3, 0.4) is 0 Å².